The average Bonchev–Trinajstić information content (AvgIpc) is 3.34. The number of esters is 1. The molecule has 2 aromatic heterocycles. The van der Waals surface area contributed by atoms with Crippen LogP contribution in [0.5, 0.6) is 11.5 Å². The molecule has 2 heterocycles. The van der Waals surface area contributed by atoms with Gasteiger partial charge in [-0.15, -0.1) is 11.3 Å². The lowest BCUT2D eigenvalue weighted by Crippen LogP contribution is -2.47. The van der Waals surface area contributed by atoms with Gasteiger partial charge in [0.15, 0.2) is 6.10 Å². The van der Waals surface area contributed by atoms with E-state index in [1.54, 1.807) is 31.2 Å². The molecule has 0 radical (unpaired) electrons. The van der Waals surface area contributed by atoms with Crippen molar-refractivity contribution in [3.8, 4) is 22.1 Å². The van der Waals surface area contributed by atoms with Gasteiger partial charge >= 0.3 is 5.97 Å². The number of amides is 1. The van der Waals surface area contributed by atoms with Crippen molar-refractivity contribution >= 4 is 34.2 Å². The van der Waals surface area contributed by atoms with Crippen molar-refractivity contribution in [3.05, 3.63) is 75.1 Å². The van der Waals surface area contributed by atoms with Gasteiger partial charge in [-0.1, -0.05) is 19.1 Å². The molecule has 0 bridgehead atoms. The number of hydrogen-bond acceptors (Lipinski definition) is 9. The van der Waals surface area contributed by atoms with Crippen molar-refractivity contribution < 1.29 is 28.6 Å². The predicted octanol–water partition coefficient (Wildman–Crippen LogP) is 4.16. The van der Waals surface area contributed by atoms with Gasteiger partial charge in [-0.3, -0.25) is 9.59 Å². The number of aromatic hydroxyl groups is 1. The number of aromatic nitrogens is 1. The number of hydrogen-bond donors (Lipinski definition) is 2. The second-order valence-electron chi connectivity index (χ2n) is 8.80. The topological polar surface area (TPSA) is 128 Å². The Kier molecular flexibility index (Phi) is 8.11. The first-order valence-electron chi connectivity index (χ1n) is 12.0. The van der Waals surface area contributed by atoms with Gasteiger partial charge in [-0.05, 0) is 49.6 Å². The summed E-state index contributed by atoms with van der Waals surface area (Å²) in [5.74, 6) is -0.623. The number of rotatable bonds is 9. The molecule has 0 fully saturated rings. The number of phenols is 1. The summed E-state index contributed by atoms with van der Waals surface area (Å²) in [6, 6.07) is 8.70. The van der Waals surface area contributed by atoms with Crippen LogP contribution in [0.25, 0.3) is 21.5 Å². The van der Waals surface area contributed by atoms with Gasteiger partial charge < -0.3 is 24.3 Å². The van der Waals surface area contributed by atoms with Crippen molar-refractivity contribution in [2.45, 2.75) is 45.8 Å². The highest BCUT2D eigenvalue weighted by atomic mass is 32.1. The Hall–Kier alpha value is -4.18. The largest absolute Gasteiger partial charge is 0.508 e. The molecule has 4 aromatic rings. The molecule has 38 heavy (non-hydrogen) atoms. The van der Waals surface area contributed by atoms with E-state index in [1.165, 1.54) is 36.8 Å². The summed E-state index contributed by atoms with van der Waals surface area (Å²) in [5.41, 5.74) is 2.81. The minimum atomic E-state index is -0.964. The SMILES string of the molecule is CCc1cc2c(=O)c(-c3nc(C)cs3)coc2cc1OC(C)C(=O)NC(Cc1ccc(O)cc1)C(=O)OC. The summed E-state index contributed by atoms with van der Waals surface area (Å²) >= 11 is 1.38. The van der Waals surface area contributed by atoms with Crippen LogP contribution in [-0.4, -0.2) is 41.2 Å². The molecular weight excluding hydrogens is 508 g/mol. The highest BCUT2D eigenvalue weighted by Crippen LogP contribution is 2.29. The molecule has 0 spiro atoms. The first-order chi connectivity index (χ1) is 18.2. The van der Waals surface area contributed by atoms with E-state index in [9.17, 15) is 19.5 Å². The number of aryl methyl sites for hydroxylation is 2. The molecule has 2 aromatic carbocycles. The van der Waals surface area contributed by atoms with Gasteiger partial charge in [0.1, 0.15) is 34.4 Å². The molecule has 2 N–H and O–H groups in total. The van der Waals surface area contributed by atoms with Crippen LogP contribution in [0.3, 0.4) is 0 Å². The third-order valence-electron chi connectivity index (χ3n) is 6.04. The Bertz CT molecular complexity index is 1520. The van der Waals surface area contributed by atoms with Crippen molar-refractivity contribution in [1.82, 2.24) is 10.3 Å². The molecule has 2 unspecified atom stereocenters. The summed E-state index contributed by atoms with van der Waals surface area (Å²) in [6.45, 7) is 5.34. The maximum atomic E-state index is 13.2. The number of nitrogens with one attached hydrogen (secondary N) is 1. The van der Waals surface area contributed by atoms with Crippen LogP contribution >= 0.6 is 11.3 Å². The Balaban J connectivity index is 1.55. The van der Waals surface area contributed by atoms with Crippen molar-refractivity contribution in [2.24, 2.45) is 0 Å². The van der Waals surface area contributed by atoms with Gasteiger partial charge in [-0.2, -0.15) is 0 Å². The lowest BCUT2D eigenvalue weighted by molar-refractivity contribution is -0.145. The third-order valence-corrected chi connectivity index (χ3v) is 7.03. The van der Waals surface area contributed by atoms with Crippen LogP contribution in [0.15, 0.2) is 57.3 Å². The highest BCUT2D eigenvalue weighted by Gasteiger charge is 2.26. The molecule has 0 aliphatic rings. The smallest absolute Gasteiger partial charge is 0.328 e. The first-order valence-corrected chi connectivity index (χ1v) is 12.9. The zero-order valence-electron chi connectivity index (χ0n) is 21.4. The highest BCUT2D eigenvalue weighted by molar-refractivity contribution is 7.13. The normalized spacial score (nSPS) is 12.6. The zero-order valence-corrected chi connectivity index (χ0v) is 22.3. The summed E-state index contributed by atoms with van der Waals surface area (Å²) in [7, 11) is 1.25. The second kappa shape index (κ2) is 11.5. The quantitative estimate of drug-likeness (QED) is 0.305. The summed E-state index contributed by atoms with van der Waals surface area (Å²) in [6.07, 6.45) is 1.14. The number of ether oxygens (including phenoxy) is 2. The number of fused-ring (bicyclic) bond motifs is 1. The van der Waals surface area contributed by atoms with Crippen molar-refractivity contribution in [2.75, 3.05) is 7.11 Å². The summed E-state index contributed by atoms with van der Waals surface area (Å²) < 4.78 is 16.6. The van der Waals surface area contributed by atoms with Crippen LogP contribution in [0.4, 0.5) is 0 Å². The fourth-order valence-electron chi connectivity index (χ4n) is 3.95. The lowest BCUT2D eigenvalue weighted by Gasteiger charge is -2.21. The molecule has 9 nitrogen and oxygen atoms in total. The lowest BCUT2D eigenvalue weighted by atomic mass is 10.1. The average molecular weight is 537 g/mol. The van der Waals surface area contributed by atoms with E-state index in [4.69, 9.17) is 13.9 Å². The molecule has 0 aliphatic carbocycles. The maximum absolute atomic E-state index is 13.2. The number of nitrogens with zero attached hydrogens (tertiary/aromatic N) is 1. The van der Waals surface area contributed by atoms with E-state index >= 15 is 0 Å². The van der Waals surface area contributed by atoms with E-state index in [-0.39, 0.29) is 17.6 Å². The standard InChI is InChI=1S/C28H28N2O7S/c1-5-18-11-20-24(36-13-21(25(20)32)27-29-15(2)14-38-27)12-23(18)37-16(3)26(33)30-22(28(34)35-4)10-17-6-8-19(31)9-7-17/h6-9,11-14,16,22,31H,5,10H2,1-4H3,(H,30,33). The van der Waals surface area contributed by atoms with Crippen LogP contribution in [0, 0.1) is 6.92 Å². The maximum Gasteiger partial charge on any atom is 0.328 e. The number of methoxy groups -OCH3 is 1. The molecule has 198 valence electrons. The van der Waals surface area contributed by atoms with Gasteiger partial charge in [0.05, 0.1) is 18.1 Å². The predicted molar refractivity (Wildman–Crippen MR) is 144 cm³/mol. The molecule has 4 rings (SSSR count). The van der Waals surface area contributed by atoms with Crippen LogP contribution in [0.1, 0.15) is 30.7 Å². The van der Waals surface area contributed by atoms with Crippen molar-refractivity contribution in [3.63, 3.8) is 0 Å². The molecule has 0 saturated heterocycles. The van der Waals surface area contributed by atoms with E-state index in [2.05, 4.69) is 10.3 Å². The Labute approximate surface area is 223 Å². The van der Waals surface area contributed by atoms with Gasteiger partial charge in [-0.25, -0.2) is 9.78 Å². The summed E-state index contributed by atoms with van der Waals surface area (Å²) in [5, 5.41) is 15.0. The molecule has 0 aliphatic heterocycles. The van der Waals surface area contributed by atoms with Crippen LogP contribution in [0.2, 0.25) is 0 Å². The number of thiazole rings is 1. The number of phenolic OH excluding ortho intramolecular Hbond substituents is 1. The Morgan fingerprint density at radius 1 is 1.21 bits per heavy atom. The van der Waals surface area contributed by atoms with Crippen LogP contribution < -0.4 is 15.5 Å². The van der Waals surface area contributed by atoms with Gasteiger partial charge in [0, 0.05) is 23.6 Å². The molecule has 1 amide bonds. The van der Waals surface area contributed by atoms with Crippen molar-refractivity contribution in [1.29, 1.82) is 0 Å². The number of benzene rings is 2. The number of carbonyl (C=O) groups excluding carboxylic acids is 2. The van der Waals surface area contributed by atoms with E-state index in [0.717, 1.165) is 16.8 Å². The summed E-state index contributed by atoms with van der Waals surface area (Å²) in [4.78, 5) is 42.9. The Morgan fingerprint density at radius 3 is 2.58 bits per heavy atom. The minimum absolute atomic E-state index is 0.0990. The molecule has 0 saturated carbocycles. The van der Waals surface area contributed by atoms with E-state index in [1.807, 2.05) is 19.2 Å². The van der Waals surface area contributed by atoms with Gasteiger partial charge in [0.2, 0.25) is 5.43 Å². The van der Waals surface area contributed by atoms with E-state index < -0.39 is 24.0 Å². The zero-order chi connectivity index (χ0) is 27.4. The fourth-order valence-corrected chi connectivity index (χ4v) is 4.75. The monoisotopic (exact) mass is 536 g/mol. The molecule has 2 atom stereocenters. The Morgan fingerprint density at radius 2 is 1.95 bits per heavy atom. The first kappa shape index (κ1) is 26.9. The second-order valence-corrected chi connectivity index (χ2v) is 9.66. The van der Waals surface area contributed by atoms with E-state index in [0.29, 0.717) is 33.7 Å². The van der Waals surface area contributed by atoms with Gasteiger partial charge in [0.25, 0.3) is 5.91 Å². The third kappa shape index (κ3) is 5.86. The fraction of sp³-hybridized carbons (Fsp3) is 0.286. The number of carbonyl (C=O) groups is 2. The van der Waals surface area contributed by atoms with Crippen LogP contribution in [-0.2, 0) is 27.2 Å². The molecule has 10 heteroatoms. The minimum Gasteiger partial charge on any atom is -0.508 e. The molecular formula is C28H28N2O7S.